The van der Waals surface area contributed by atoms with Crippen LogP contribution in [0.3, 0.4) is 0 Å². The van der Waals surface area contributed by atoms with Gasteiger partial charge in [0, 0.05) is 18.9 Å². The Kier molecular flexibility index (Phi) is 5.82. The van der Waals surface area contributed by atoms with Gasteiger partial charge in [-0.15, -0.1) is 0 Å². The second-order valence-electron chi connectivity index (χ2n) is 6.03. The normalized spacial score (nSPS) is 11.2. The summed E-state index contributed by atoms with van der Waals surface area (Å²) in [5.74, 6) is 0.675. The maximum atomic E-state index is 12.7. The van der Waals surface area contributed by atoms with Crippen molar-refractivity contribution in [3.05, 3.63) is 83.4 Å². The number of hydrogen-bond acceptors (Lipinski definition) is 3. The number of benzene rings is 3. The minimum Gasteiger partial charge on any atom is -0.495 e. The highest BCUT2D eigenvalue weighted by atomic mass is 16.5. The summed E-state index contributed by atoms with van der Waals surface area (Å²) in [6, 6.07) is 19.7. The van der Waals surface area contributed by atoms with E-state index in [1.165, 1.54) is 0 Å². The smallest absolute Gasteiger partial charge is 0.170 e. The molecule has 0 amide bonds. The predicted molar refractivity (Wildman–Crippen MR) is 106 cm³/mol. The summed E-state index contributed by atoms with van der Waals surface area (Å²) in [5, 5.41) is 2.01. The molecule has 0 saturated heterocycles. The molecule has 0 bridgehead atoms. The van der Waals surface area contributed by atoms with E-state index in [1.54, 1.807) is 14.2 Å². The zero-order valence-corrected chi connectivity index (χ0v) is 15.1. The van der Waals surface area contributed by atoms with Crippen molar-refractivity contribution in [1.82, 2.24) is 0 Å². The monoisotopic (exact) mass is 346 g/mol. The average molecular weight is 346 g/mol. The van der Waals surface area contributed by atoms with Crippen molar-refractivity contribution in [2.24, 2.45) is 0 Å². The van der Waals surface area contributed by atoms with Crippen molar-refractivity contribution >= 4 is 22.6 Å². The molecule has 0 aliphatic heterocycles. The van der Waals surface area contributed by atoms with E-state index < -0.39 is 0 Å². The number of rotatable bonds is 7. The van der Waals surface area contributed by atoms with Gasteiger partial charge >= 0.3 is 0 Å². The molecule has 26 heavy (non-hydrogen) atoms. The maximum Gasteiger partial charge on any atom is 0.170 e. The van der Waals surface area contributed by atoms with E-state index in [4.69, 9.17) is 9.47 Å². The van der Waals surface area contributed by atoms with Crippen molar-refractivity contribution < 1.29 is 14.3 Å². The molecule has 0 aromatic heterocycles. The van der Waals surface area contributed by atoms with Crippen LogP contribution in [0.5, 0.6) is 5.75 Å². The van der Waals surface area contributed by atoms with Gasteiger partial charge in [0.25, 0.3) is 0 Å². The van der Waals surface area contributed by atoms with Gasteiger partial charge in [0.1, 0.15) is 5.75 Å². The molecule has 132 valence electrons. The lowest BCUT2D eigenvalue weighted by molar-refractivity contribution is 0.0993. The molecule has 3 aromatic rings. The van der Waals surface area contributed by atoms with Crippen LogP contribution in [0.25, 0.3) is 16.8 Å². The third kappa shape index (κ3) is 3.84. The molecule has 0 N–H and O–H groups in total. The predicted octanol–water partition coefficient (Wildman–Crippen LogP) is 5.28. The van der Waals surface area contributed by atoms with Crippen LogP contribution in [0.15, 0.2) is 66.7 Å². The molecular weight excluding hydrogens is 324 g/mol. The van der Waals surface area contributed by atoms with E-state index >= 15 is 0 Å². The minimum absolute atomic E-state index is 0.0353. The topological polar surface area (TPSA) is 35.5 Å². The Hall–Kier alpha value is -2.91. The molecule has 0 spiro atoms. The number of hydrogen-bond donors (Lipinski definition) is 0. The summed E-state index contributed by atoms with van der Waals surface area (Å²) < 4.78 is 10.8. The number of fused-ring (bicyclic) bond motifs is 1. The van der Waals surface area contributed by atoms with Gasteiger partial charge in [-0.3, -0.25) is 4.79 Å². The third-order valence-electron chi connectivity index (χ3n) is 4.34. The highest BCUT2D eigenvalue weighted by Crippen LogP contribution is 2.30. The van der Waals surface area contributed by atoms with Gasteiger partial charge in [-0.2, -0.15) is 0 Å². The highest BCUT2D eigenvalue weighted by molar-refractivity contribution is 6.05. The Morgan fingerprint density at radius 3 is 2.54 bits per heavy atom. The molecule has 3 rings (SSSR count). The Morgan fingerprint density at radius 1 is 0.962 bits per heavy atom. The summed E-state index contributed by atoms with van der Waals surface area (Å²) in [5.41, 5.74) is 2.77. The fraction of sp³-hybridized carbons (Fsp3) is 0.174. The van der Waals surface area contributed by atoms with Crippen molar-refractivity contribution in [1.29, 1.82) is 0 Å². The lowest BCUT2D eigenvalue weighted by Crippen LogP contribution is -2.01. The first-order valence-electron chi connectivity index (χ1n) is 8.57. The lowest BCUT2D eigenvalue weighted by atomic mass is 10.0. The number of allylic oxidation sites excluding steroid dienone is 1. The summed E-state index contributed by atoms with van der Waals surface area (Å²) in [7, 11) is 3.28. The number of methoxy groups -OCH3 is 2. The average Bonchev–Trinajstić information content (AvgIpc) is 2.68. The van der Waals surface area contributed by atoms with Gasteiger partial charge in [0.2, 0.25) is 0 Å². The van der Waals surface area contributed by atoms with E-state index in [1.807, 2.05) is 72.8 Å². The molecule has 0 fully saturated rings. The summed E-state index contributed by atoms with van der Waals surface area (Å²) in [4.78, 5) is 12.7. The van der Waals surface area contributed by atoms with Crippen molar-refractivity contribution in [2.45, 2.75) is 13.0 Å². The molecule has 0 aliphatic carbocycles. The number of ketones is 1. The Balaban J connectivity index is 1.82. The third-order valence-corrected chi connectivity index (χ3v) is 4.34. The molecular formula is C23H22O3. The Morgan fingerprint density at radius 2 is 1.73 bits per heavy atom. The van der Waals surface area contributed by atoms with Crippen LogP contribution in [0, 0.1) is 0 Å². The quantitative estimate of drug-likeness (QED) is 0.546. The lowest BCUT2D eigenvalue weighted by Gasteiger charge is -2.10. The van der Waals surface area contributed by atoms with Crippen molar-refractivity contribution in [2.75, 3.05) is 14.2 Å². The summed E-state index contributed by atoms with van der Waals surface area (Å²) in [6.45, 7) is 0.549. The fourth-order valence-corrected chi connectivity index (χ4v) is 3.07. The van der Waals surface area contributed by atoms with E-state index in [2.05, 4.69) is 0 Å². The van der Waals surface area contributed by atoms with Crippen molar-refractivity contribution in [3.8, 4) is 5.75 Å². The largest absolute Gasteiger partial charge is 0.495 e. The molecule has 0 unspecified atom stereocenters. The Bertz CT molecular complexity index is 941. The summed E-state index contributed by atoms with van der Waals surface area (Å²) >= 11 is 0. The van der Waals surface area contributed by atoms with Crippen LogP contribution in [-0.2, 0) is 11.3 Å². The summed E-state index contributed by atoms with van der Waals surface area (Å²) in [6.07, 6.45) is 4.18. The van der Waals surface area contributed by atoms with E-state index in [-0.39, 0.29) is 5.78 Å². The highest BCUT2D eigenvalue weighted by Gasteiger charge is 2.14. The van der Waals surface area contributed by atoms with Gasteiger partial charge in [-0.25, -0.2) is 0 Å². The van der Waals surface area contributed by atoms with Gasteiger partial charge in [-0.05, 0) is 22.6 Å². The minimum atomic E-state index is 0.0353. The van der Waals surface area contributed by atoms with Crippen LogP contribution >= 0.6 is 0 Å². The van der Waals surface area contributed by atoms with Gasteiger partial charge in [-0.1, -0.05) is 66.7 Å². The van der Waals surface area contributed by atoms with Crippen LogP contribution < -0.4 is 4.74 Å². The zero-order valence-electron chi connectivity index (χ0n) is 15.1. The molecule has 3 nitrogen and oxygen atoms in total. The number of Topliss-reactive ketones (excluding diaryl/α,β-unsaturated/α-hetero) is 1. The number of ether oxygens (including phenoxy) is 2. The molecule has 0 aliphatic rings. The van der Waals surface area contributed by atoms with Gasteiger partial charge < -0.3 is 9.47 Å². The molecule has 0 saturated carbocycles. The maximum absolute atomic E-state index is 12.7. The first-order chi connectivity index (χ1) is 12.7. The van der Waals surface area contributed by atoms with E-state index in [9.17, 15) is 4.79 Å². The zero-order chi connectivity index (χ0) is 18.4. The molecule has 3 aromatic carbocycles. The second kappa shape index (κ2) is 8.45. The first-order valence-corrected chi connectivity index (χ1v) is 8.57. The molecule has 3 heteroatoms. The standard InChI is InChI=1S/C23H22O3/c1-25-16-19-10-4-3-8-17(19)11-7-13-22(24)21-15-14-18-9-5-6-12-20(18)23(21)26-2/h3-12,14-15H,13,16H2,1-2H3/b11-7-. The van der Waals surface area contributed by atoms with Crippen LogP contribution in [-0.4, -0.2) is 20.0 Å². The SMILES string of the molecule is COCc1ccccc1/C=C\CC(=O)c1ccc2ccccc2c1OC. The van der Waals surface area contributed by atoms with E-state index in [0.29, 0.717) is 24.3 Å². The number of carbonyl (C=O) groups is 1. The van der Waals surface area contributed by atoms with E-state index in [0.717, 1.165) is 21.9 Å². The first kappa shape index (κ1) is 17.9. The van der Waals surface area contributed by atoms with Crippen LogP contribution in [0.1, 0.15) is 27.9 Å². The second-order valence-corrected chi connectivity index (χ2v) is 6.03. The van der Waals surface area contributed by atoms with Crippen molar-refractivity contribution in [3.63, 3.8) is 0 Å². The number of carbonyl (C=O) groups excluding carboxylic acids is 1. The van der Waals surface area contributed by atoms with Gasteiger partial charge in [0.05, 0.1) is 19.3 Å². The Labute approximate surface area is 153 Å². The van der Waals surface area contributed by atoms with Crippen LogP contribution in [0.2, 0.25) is 0 Å². The van der Waals surface area contributed by atoms with Crippen LogP contribution in [0.4, 0.5) is 0 Å². The fourth-order valence-electron chi connectivity index (χ4n) is 3.07. The molecule has 0 radical (unpaired) electrons. The molecule has 0 atom stereocenters. The van der Waals surface area contributed by atoms with Gasteiger partial charge in [0.15, 0.2) is 5.78 Å². The molecule has 0 heterocycles.